The number of aryl methyl sites for hydroxylation is 1. The van der Waals surface area contributed by atoms with Crippen LogP contribution in [0.2, 0.25) is 0 Å². The molecule has 0 atom stereocenters. The molecule has 0 spiro atoms. The van der Waals surface area contributed by atoms with Crippen molar-refractivity contribution >= 4 is 23.0 Å². The summed E-state index contributed by atoms with van der Waals surface area (Å²) >= 11 is 0. The van der Waals surface area contributed by atoms with E-state index in [2.05, 4.69) is 5.32 Å². The van der Waals surface area contributed by atoms with E-state index in [1.165, 1.54) is 0 Å². The number of carbonyl (C=O) groups is 1. The van der Waals surface area contributed by atoms with Gasteiger partial charge < -0.3 is 16.0 Å². The van der Waals surface area contributed by atoms with E-state index in [1.54, 1.807) is 6.07 Å². The molecule has 0 radical (unpaired) electrons. The molecule has 0 unspecified atom stereocenters. The zero-order valence-electron chi connectivity index (χ0n) is 12.0. The Hall–Kier alpha value is -2.49. The van der Waals surface area contributed by atoms with Gasteiger partial charge >= 0.3 is 0 Å². The number of para-hydroxylation sites is 2. The van der Waals surface area contributed by atoms with Gasteiger partial charge in [0.15, 0.2) is 0 Å². The van der Waals surface area contributed by atoms with Crippen molar-refractivity contribution in [1.82, 2.24) is 0 Å². The summed E-state index contributed by atoms with van der Waals surface area (Å²) in [4.78, 5) is 14.3. The van der Waals surface area contributed by atoms with Crippen LogP contribution in [-0.2, 0) is 0 Å². The Morgan fingerprint density at radius 2 is 1.85 bits per heavy atom. The molecule has 0 aliphatic carbocycles. The molecule has 0 aromatic heterocycles. The van der Waals surface area contributed by atoms with Gasteiger partial charge in [-0.3, -0.25) is 4.79 Å². The van der Waals surface area contributed by atoms with E-state index in [4.69, 9.17) is 5.73 Å². The van der Waals surface area contributed by atoms with Crippen molar-refractivity contribution in [3.8, 4) is 0 Å². The highest BCUT2D eigenvalue weighted by atomic mass is 16.1. The topological polar surface area (TPSA) is 58.4 Å². The predicted molar refractivity (Wildman–Crippen MR) is 84.3 cm³/mol. The average Bonchev–Trinajstić information content (AvgIpc) is 2.37. The van der Waals surface area contributed by atoms with Crippen molar-refractivity contribution in [1.29, 1.82) is 0 Å². The van der Waals surface area contributed by atoms with Gasteiger partial charge in [0.25, 0.3) is 5.91 Å². The molecule has 2 aromatic carbocycles. The van der Waals surface area contributed by atoms with Crippen LogP contribution in [0.5, 0.6) is 0 Å². The fraction of sp³-hybridized carbons (Fsp3) is 0.188. The normalized spacial score (nSPS) is 10.2. The molecule has 0 aliphatic rings. The third-order valence-electron chi connectivity index (χ3n) is 3.00. The largest absolute Gasteiger partial charge is 0.399 e. The van der Waals surface area contributed by atoms with Crippen LogP contribution < -0.4 is 16.0 Å². The molecule has 0 heterocycles. The lowest BCUT2D eigenvalue weighted by atomic mass is 10.1. The van der Waals surface area contributed by atoms with Gasteiger partial charge in [0.1, 0.15) is 0 Å². The summed E-state index contributed by atoms with van der Waals surface area (Å²) in [6.45, 7) is 1.92. The summed E-state index contributed by atoms with van der Waals surface area (Å²) in [6, 6.07) is 13.0. The molecule has 3 N–H and O–H groups in total. The number of hydrogen-bond donors (Lipinski definition) is 2. The van der Waals surface area contributed by atoms with Crippen LogP contribution in [0.4, 0.5) is 17.1 Å². The molecule has 0 aliphatic heterocycles. The molecule has 0 saturated heterocycles. The fourth-order valence-corrected chi connectivity index (χ4v) is 2.11. The first-order chi connectivity index (χ1) is 9.47. The highest BCUT2D eigenvalue weighted by Gasteiger charge is 2.10. The van der Waals surface area contributed by atoms with Crippen LogP contribution in [0.3, 0.4) is 0 Å². The summed E-state index contributed by atoms with van der Waals surface area (Å²) in [5.41, 5.74) is 9.65. The Kier molecular flexibility index (Phi) is 3.94. The van der Waals surface area contributed by atoms with Gasteiger partial charge in [-0.25, -0.2) is 0 Å². The number of rotatable bonds is 3. The molecule has 0 fully saturated rings. The van der Waals surface area contributed by atoms with Gasteiger partial charge in [0.05, 0.1) is 11.4 Å². The van der Waals surface area contributed by atoms with Crippen molar-refractivity contribution in [2.24, 2.45) is 0 Å². The Balaban J connectivity index is 2.28. The molecule has 1 amide bonds. The van der Waals surface area contributed by atoms with Crippen molar-refractivity contribution < 1.29 is 4.79 Å². The highest BCUT2D eigenvalue weighted by molar-refractivity contribution is 6.06. The number of carbonyl (C=O) groups excluding carboxylic acids is 1. The van der Waals surface area contributed by atoms with E-state index in [0.29, 0.717) is 11.3 Å². The van der Waals surface area contributed by atoms with Crippen molar-refractivity contribution in [3.05, 3.63) is 53.6 Å². The SMILES string of the molecule is Cc1cc(N)cc(C(=O)Nc2ccccc2N(C)C)c1. The Morgan fingerprint density at radius 1 is 1.15 bits per heavy atom. The summed E-state index contributed by atoms with van der Waals surface area (Å²) in [5.74, 6) is -0.158. The maximum Gasteiger partial charge on any atom is 0.255 e. The predicted octanol–water partition coefficient (Wildman–Crippen LogP) is 2.90. The Morgan fingerprint density at radius 3 is 2.50 bits per heavy atom. The molecular formula is C16H19N3O. The van der Waals surface area contributed by atoms with Gasteiger partial charge in [-0.1, -0.05) is 12.1 Å². The maximum atomic E-state index is 12.3. The van der Waals surface area contributed by atoms with Crippen LogP contribution in [0, 0.1) is 6.92 Å². The first kappa shape index (κ1) is 13.9. The summed E-state index contributed by atoms with van der Waals surface area (Å²) in [5, 5.41) is 2.93. The number of nitrogens with two attached hydrogens (primary N) is 1. The minimum absolute atomic E-state index is 0.158. The first-order valence-electron chi connectivity index (χ1n) is 6.42. The van der Waals surface area contributed by atoms with Gasteiger partial charge in [-0.2, -0.15) is 0 Å². The highest BCUT2D eigenvalue weighted by Crippen LogP contribution is 2.24. The quantitative estimate of drug-likeness (QED) is 0.842. The van der Waals surface area contributed by atoms with E-state index >= 15 is 0 Å². The number of hydrogen-bond acceptors (Lipinski definition) is 3. The molecule has 0 bridgehead atoms. The average molecular weight is 269 g/mol. The molecule has 104 valence electrons. The lowest BCUT2D eigenvalue weighted by molar-refractivity contribution is 0.102. The van der Waals surface area contributed by atoms with E-state index in [9.17, 15) is 4.79 Å². The smallest absolute Gasteiger partial charge is 0.255 e. The molecule has 2 aromatic rings. The summed E-state index contributed by atoms with van der Waals surface area (Å²) < 4.78 is 0. The molecule has 4 nitrogen and oxygen atoms in total. The number of nitrogens with zero attached hydrogens (tertiary/aromatic N) is 1. The second-order valence-corrected chi connectivity index (χ2v) is 5.00. The van der Waals surface area contributed by atoms with Crippen LogP contribution >= 0.6 is 0 Å². The van der Waals surface area contributed by atoms with Gasteiger partial charge in [-0.15, -0.1) is 0 Å². The fourth-order valence-electron chi connectivity index (χ4n) is 2.11. The number of amides is 1. The lowest BCUT2D eigenvalue weighted by Crippen LogP contribution is -2.17. The zero-order chi connectivity index (χ0) is 14.7. The molecule has 2 rings (SSSR count). The number of benzene rings is 2. The van der Waals surface area contributed by atoms with Gasteiger partial charge in [-0.05, 0) is 42.8 Å². The maximum absolute atomic E-state index is 12.3. The van der Waals surface area contributed by atoms with E-state index < -0.39 is 0 Å². The van der Waals surface area contributed by atoms with E-state index in [0.717, 1.165) is 16.9 Å². The lowest BCUT2D eigenvalue weighted by Gasteiger charge is -2.17. The zero-order valence-corrected chi connectivity index (χ0v) is 12.0. The standard InChI is InChI=1S/C16H19N3O/c1-11-8-12(10-13(17)9-11)16(20)18-14-6-4-5-7-15(14)19(2)3/h4-10H,17H2,1-3H3,(H,18,20). The Labute approximate surface area is 119 Å². The third-order valence-corrected chi connectivity index (χ3v) is 3.00. The van der Waals surface area contributed by atoms with Crippen LogP contribution in [0.15, 0.2) is 42.5 Å². The second-order valence-electron chi connectivity index (χ2n) is 5.00. The van der Waals surface area contributed by atoms with Gasteiger partial charge in [0, 0.05) is 25.3 Å². The van der Waals surface area contributed by atoms with Crippen molar-refractivity contribution in [2.75, 3.05) is 30.0 Å². The molecular weight excluding hydrogens is 250 g/mol. The number of anilines is 3. The van der Waals surface area contributed by atoms with Crippen LogP contribution in [0.25, 0.3) is 0 Å². The van der Waals surface area contributed by atoms with Crippen LogP contribution in [-0.4, -0.2) is 20.0 Å². The van der Waals surface area contributed by atoms with Gasteiger partial charge in [0.2, 0.25) is 0 Å². The third kappa shape index (κ3) is 3.09. The Bertz CT molecular complexity index is 615. The van der Waals surface area contributed by atoms with E-state index in [1.807, 2.05) is 62.3 Å². The van der Waals surface area contributed by atoms with Crippen molar-refractivity contribution in [2.45, 2.75) is 6.92 Å². The summed E-state index contributed by atoms with van der Waals surface area (Å²) in [7, 11) is 3.88. The number of nitrogen functional groups attached to an aromatic ring is 1. The summed E-state index contributed by atoms with van der Waals surface area (Å²) in [6.07, 6.45) is 0. The molecule has 20 heavy (non-hydrogen) atoms. The van der Waals surface area contributed by atoms with Crippen LogP contribution in [0.1, 0.15) is 15.9 Å². The molecule has 0 saturated carbocycles. The number of nitrogens with one attached hydrogen (secondary N) is 1. The monoisotopic (exact) mass is 269 g/mol. The van der Waals surface area contributed by atoms with Crippen molar-refractivity contribution in [3.63, 3.8) is 0 Å². The molecule has 4 heteroatoms. The van der Waals surface area contributed by atoms with E-state index in [-0.39, 0.29) is 5.91 Å². The second kappa shape index (κ2) is 5.65. The minimum atomic E-state index is -0.158. The first-order valence-corrected chi connectivity index (χ1v) is 6.42. The minimum Gasteiger partial charge on any atom is -0.399 e.